The molecule has 1 aromatic heterocycles. The number of benzene rings is 3. The summed E-state index contributed by atoms with van der Waals surface area (Å²) < 4.78 is 1.35. The SMILES string of the molecule is O=C(Cn1cnc2ccccc2c1=O)N(c1ccccc1)c1ccccc1. The Morgan fingerprint density at radius 2 is 1.37 bits per heavy atom. The summed E-state index contributed by atoms with van der Waals surface area (Å²) in [7, 11) is 0. The molecule has 0 unspecified atom stereocenters. The maximum atomic E-state index is 13.1. The van der Waals surface area contributed by atoms with Crippen LogP contribution in [0.1, 0.15) is 0 Å². The van der Waals surface area contributed by atoms with Crippen LogP contribution in [0.15, 0.2) is 96.1 Å². The standard InChI is InChI=1S/C22H17N3O2/c26-21(15-24-16-23-20-14-8-7-13-19(20)22(24)27)25(17-9-3-1-4-10-17)18-11-5-2-6-12-18/h1-14,16H,15H2. The number of anilines is 2. The molecule has 5 heteroatoms. The zero-order chi connectivity index (χ0) is 18.6. The molecule has 0 aliphatic rings. The van der Waals surface area contributed by atoms with Gasteiger partial charge in [0.05, 0.1) is 17.2 Å². The van der Waals surface area contributed by atoms with Gasteiger partial charge in [0.2, 0.25) is 0 Å². The third kappa shape index (κ3) is 3.35. The van der Waals surface area contributed by atoms with Gasteiger partial charge in [-0.25, -0.2) is 4.98 Å². The quantitative estimate of drug-likeness (QED) is 0.560. The number of hydrogen-bond acceptors (Lipinski definition) is 3. The van der Waals surface area contributed by atoms with Gasteiger partial charge in [0.25, 0.3) is 11.5 Å². The summed E-state index contributed by atoms with van der Waals surface area (Å²) in [4.78, 5) is 31.8. The average Bonchev–Trinajstić information content (AvgIpc) is 2.72. The van der Waals surface area contributed by atoms with Crippen molar-refractivity contribution < 1.29 is 4.79 Å². The number of fused-ring (bicyclic) bond motifs is 1. The Morgan fingerprint density at radius 3 is 2.00 bits per heavy atom. The van der Waals surface area contributed by atoms with Gasteiger partial charge in [-0.2, -0.15) is 0 Å². The van der Waals surface area contributed by atoms with Crippen LogP contribution in [0.2, 0.25) is 0 Å². The second-order valence-corrected chi connectivity index (χ2v) is 6.10. The molecular formula is C22H17N3O2. The number of aromatic nitrogens is 2. The van der Waals surface area contributed by atoms with Crippen LogP contribution in [-0.2, 0) is 11.3 Å². The largest absolute Gasteiger partial charge is 0.289 e. The Kier molecular flexibility index (Phi) is 4.49. The molecule has 0 fully saturated rings. The summed E-state index contributed by atoms with van der Waals surface area (Å²) in [6.07, 6.45) is 1.43. The highest BCUT2D eigenvalue weighted by Crippen LogP contribution is 2.25. The summed E-state index contributed by atoms with van der Waals surface area (Å²) in [5.41, 5.74) is 1.88. The molecule has 3 aromatic carbocycles. The molecule has 0 N–H and O–H groups in total. The lowest BCUT2D eigenvalue weighted by molar-refractivity contribution is -0.118. The van der Waals surface area contributed by atoms with Gasteiger partial charge in [-0.3, -0.25) is 19.1 Å². The topological polar surface area (TPSA) is 55.2 Å². The first-order chi connectivity index (χ1) is 13.2. The molecule has 0 saturated heterocycles. The Balaban J connectivity index is 1.73. The van der Waals surface area contributed by atoms with Crippen LogP contribution in [0.25, 0.3) is 10.9 Å². The smallest absolute Gasteiger partial charge is 0.261 e. The van der Waals surface area contributed by atoms with Gasteiger partial charge in [0.15, 0.2) is 0 Å². The second kappa shape index (κ2) is 7.25. The lowest BCUT2D eigenvalue weighted by Gasteiger charge is -2.23. The van der Waals surface area contributed by atoms with E-state index in [1.165, 1.54) is 10.9 Å². The highest BCUT2D eigenvalue weighted by molar-refractivity contribution is 6.00. The van der Waals surface area contributed by atoms with E-state index in [2.05, 4.69) is 4.98 Å². The summed E-state index contributed by atoms with van der Waals surface area (Å²) >= 11 is 0. The van der Waals surface area contributed by atoms with Crippen LogP contribution in [0.4, 0.5) is 11.4 Å². The van der Waals surface area contributed by atoms with Crippen molar-refractivity contribution in [1.29, 1.82) is 0 Å². The van der Waals surface area contributed by atoms with E-state index in [-0.39, 0.29) is 18.0 Å². The molecule has 0 aliphatic carbocycles. The van der Waals surface area contributed by atoms with Crippen molar-refractivity contribution in [2.24, 2.45) is 0 Å². The predicted octanol–water partition coefficient (Wildman–Crippen LogP) is 3.76. The molecule has 132 valence electrons. The van der Waals surface area contributed by atoms with E-state index in [4.69, 9.17) is 0 Å². The van der Waals surface area contributed by atoms with Crippen molar-refractivity contribution in [3.05, 3.63) is 102 Å². The number of amides is 1. The zero-order valence-electron chi connectivity index (χ0n) is 14.5. The first-order valence-corrected chi connectivity index (χ1v) is 8.61. The molecule has 0 spiro atoms. The van der Waals surface area contributed by atoms with E-state index >= 15 is 0 Å². The van der Waals surface area contributed by atoms with Crippen LogP contribution in [-0.4, -0.2) is 15.5 Å². The van der Waals surface area contributed by atoms with Gasteiger partial charge < -0.3 is 0 Å². The zero-order valence-corrected chi connectivity index (χ0v) is 14.5. The number of nitrogens with zero attached hydrogens (tertiary/aromatic N) is 3. The van der Waals surface area contributed by atoms with E-state index in [0.29, 0.717) is 10.9 Å². The minimum Gasteiger partial charge on any atom is -0.289 e. The molecule has 1 heterocycles. The van der Waals surface area contributed by atoms with E-state index in [1.807, 2.05) is 66.7 Å². The summed E-state index contributed by atoms with van der Waals surface area (Å²) in [6, 6.07) is 25.9. The Hall–Kier alpha value is -3.73. The Morgan fingerprint density at radius 1 is 0.815 bits per heavy atom. The van der Waals surface area contributed by atoms with Crippen LogP contribution >= 0.6 is 0 Å². The maximum absolute atomic E-state index is 13.1. The first kappa shape index (κ1) is 16.7. The lowest BCUT2D eigenvalue weighted by atomic mass is 10.2. The normalized spacial score (nSPS) is 10.7. The van der Waals surface area contributed by atoms with Crippen LogP contribution < -0.4 is 10.5 Å². The molecule has 5 nitrogen and oxygen atoms in total. The van der Waals surface area contributed by atoms with Gasteiger partial charge in [0.1, 0.15) is 6.54 Å². The van der Waals surface area contributed by atoms with Crippen molar-refractivity contribution in [1.82, 2.24) is 9.55 Å². The minimum atomic E-state index is -0.227. The molecule has 0 radical (unpaired) electrons. The molecule has 0 aliphatic heterocycles. The number of carbonyl (C=O) groups is 1. The van der Waals surface area contributed by atoms with Crippen LogP contribution in [0, 0.1) is 0 Å². The molecule has 27 heavy (non-hydrogen) atoms. The highest BCUT2D eigenvalue weighted by atomic mass is 16.2. The van der Waals surface area contributed by atoms with Crippen molar-refractivity contribution in [3.8, 4) is 0 Å². The minimum absolute atomic E-state index is 0.0968. The van der Waals surface area contributed by atoms with Gasteiger partial charge in [0, 0.05) is 11.4 Å². The summed E-state index contributed by atoms with van der Waals surface area (Å²) in [6.45, 7) is -0.0968. The van der Waals surface area contributed by atoms with Crippen molar-refractivity contribution in [3.63, 3.8) is 0 Å². The first-order valence-electron chi connectivity index (χ1n) is 8.61. The Bertz CT molecular complexity index is 1100. The monoisotopic (exact) mass is 355 g/mol. The fraction of sp³-hybridized carbons (Fsp3) is 0.0455. The van der Waals surface area contributed by atoms with E-state index in [1.54, 1.807) is 23.1 Å². The molecule has 4 rings (SSSR count). The van der Waals surface area contributed by atoms with Gasteiger partial charge >= 0.3 is 0 Å². The fourth-order valence-electron chi connectivity index (χ4n) is 3.03. The molecule has 1 amide bonds. The lowest BCUT2D eigenvalue weighted by Crippen LogP contribution is -2.33. The molecule has 0 saturated carbocycles. The third-order valence-corrected chi connectivity index (χ3v) is 4.32. The number of hydrogen-bond donors (Lipinski definition) is 0. The predicted molar refractivity (Wildman–Crippen MR) is 106 cm³/mol. The molecule has 4 aromatic rings. The maximum Gasteiger partial charge on any atom is 0.261 e. The number of carbonyl (C=O) groups excluding carboxylic acids is 1. The average molecular weight is 355 g/mol. The van der Waals surface area contributed by atoms with Crippen LogP contribution in [0.3, 0.4) is 0 Å². The van der Waals surface area contributed by atoms with E-state index < -0.39 is 0 Å². The number of para-hydroxylation sites is 3. The van der Waals surface area contributed by atoms with Crippen LogP contribution in [0.5, 0.6) is 0 Å². The van der Waals surface area contributed by atoms with Crippen molar-refractivity contribution >= 4 is 28.2 Å². The third-order valence-electron chi connectivity index (χ3n) is 4.32. The second-order valence-electron chi connectivity index (χ2n) is 6.10. The number of rotatable bonds is 4. The van der Waals surface area contributed by atoms with E-state index in [0.717, 1.165) is 11.4 Å². The van der Waals surface area contributed by atoms with E-state index in [9.17, 15) is 9.59 Å². The van der Waals surface area contributed by atoms with Gasteiger partial charge in [-0.05, 0) is 36.4 Å². The highest BCUT2D eigenvalue weighted by Gasteiger charge is 2.19. The summed E-state index contributed by atoms with van der Waals surface area (Å²) in [5.74, 6) is -0.216. The Labute approximate surface area is 156 Å². The molecule has 0 atom stereocenters. The molecule has 0 bridgehead atoms. The fourth-order valence-corrected chi connectivity index (χ4v) is 3.03. The van der Waals surface area contributed by atoms with Crippen molar-refractivity contribution in [2.75, 3.05) is 4.90 Å². The summed E-state index contributed by atoms with van der Waals surface area (Å²) in [5, 5.41) is 0.499. The van der Waals surface area contributed by atoms with Gasteiger partial charge in [-0.1, -0.05) is 48.5 Å². The van der Waals surface area contributed by atoms with Gasteiger partial charge in [-0.15, -0.1) is 0 Å². The molecular weight excluding hydrogens is 338 g/mol. The van der Waals surface area contributed by atoms with Crippen molar-refractivity contribution in [2.45, 2.75) is 6.54 Å².